The van der Waals surface area contributed by atoms with Crippen molar-refractivity contribution in [3.63, 3.8) is 0 Å². The largest absolute Gasteiger partial charge is 0.361 e. The molecule has 0 spiro atoms. The Kier molecular flexibility index (Phi) is 4.97. The van der Waals surface area contributed by atoms with Crippen LogP contribution in [0.25, 0.3) is 0 Å². The zero-order valence-electron chi connectivity index (χ0n) is 14.4. The molecule has 0 aromatic carbocycles. The van der Waals surface area contributed by atoms with Gasteiger partial charge in [-0.25, -0.2) is 9.97 Å². The van der Waals surface area contributed by atoms with E-state index in [1.807, 2.05) is 22.8 Å². The number of nitrogens with one attached hydrogen (secondary N) is 1. The van der Waals surface area contributed by atoms with E-state index in [2.05, 4.69) is 15.3 Å². The van der Waals surface area contributed by atoms with E-state index in [0.29, 0.717) is 11.6 Å². The van der Waals surface area contributed by atoms with Crippen molar-refractivity contribution in [1.82, 2.24) is 19.8 Å². The Balaban J connectivity index is 1.63. The lowest BCUT2D eigenvalue weighted by molar-refractivity contribution is -0.136. The Labute approximate surface area is 142 Å². The first-order chi connectivity index (χ1) is 11.5. The molecule has 2 fully saturated rings. The van der Waals surface area contributed by atoms with Crippen molar-refractivity contribution in [2.75, 3.05) is 31.5 Å². The molecule has 7 heteroatoms. The maximum absolute atomic E-state index is 12.3. The summed E-state index contributed by atoms with van der Waals surface area (Å²) in [6, 6.07) is 1.89. The average molecular weight is 331 g/mol. The first-order valence-electron chi connectivity index (χ1n) is 8.69. The van der Waals surface area contributed by atoms with E-state index in [4.69, 9.17) is 0 Å². The van der Waals surface area contributed by atoms with E-state index in [-0.39, 0.29) is 24.4 Å². The molecule has 3 rings (SSSR count). The van der Waals surface area contributed by atoms with Gasteiger partial charge in [0.05, 0.1) is 18.3 Å². The third kappa shape index (κ3) is 3.66. The predicted molar refractivity (Wildman–Crippen MR) is 90.4 cm³/mol. The zero-order chi connectivity index (χ0) is 17.1. The number of amides is 2. The summed E-state index contributed by atoms with van der Waals surface area (Å²) < 4.78 is 0. The first kappa shape index (κ1) is 16.7. The van der Waals surface area contributed by atoms with E-state index in [1.54, 1.807) is 6.92 Å². The van der Waals surface area contributed by atoms with Crippen LogP contribution in [-0.4, -0.2) is 57.8 Å². The van der Waals surface area contributed by atoms with Gasteiger partial charge in [0.15, 0.2) is 0 Å². The molecule has 0 bridgehead atoms. The van der Waals surface area contributed by atoms with Gasteiger partial charge in [0.25, 0.3) is 0 Å². The van der Waals surface area contributed by atoms with Gasteiger partial charge in [0, 0.05) is 32.6 Å². The molecular formula is C17H25N5O2. The minimum absolute atomic E-state index is 0.0301. The van der Waals surface area contributed by atoms with Crippen LogP contribution in [-0.2, 0) is 9.59 Å². The molecule has 1 unspecified atom stereocenters. The molecule has 2 aliphatic heterocycles. The highest BCUT2D eigenvalue weighted by Gasteiger charge is 2.32. The lowest BCUT2D eigenvalue weighted by Crippen LogP contribution is -2.44. The van der Waals surface area contributed by atoms with Crippen molar-refractivity contribution in [3.05, 3.63) is 17.6 Å². The van der Waals surface area contributed by atoms with Crippen molar-refractivity contribution in [1.29, 1.82) is 0 Å². The average Bonchev–Trinajstić information content (AvgIpc) is 2.51. The van der Waals surface area contributed by atoms with Crippen LogP contribution in [0.1, 0.15) is 50.2 Å². The molecule has 1 aromatic heterocycles. The second-order valence-electron chi connectivity index (χ2n) is 6.54. The number of piperidine rings is 1. The van der Waals surface area contributed by atoms with Crippen LogP contribution in [0.4, 0.5) is 5.82 Å². The number of anilines is 1. The fraction of sp³-hybridized carbons (Fsp3) is 0.647. The van der Waals surface area contributed by atoms with Gasteiger partial charge in [0.1, 0.15) is 11.6 Å². The Morgan fingerprint density at radius 3 is 2.58 bits per heavy atom. The summed E-state index contributed by atoms with van der Waals surface area (Å²) in [6.07, 6.45) is 4.30. The Morgan fingerprint density at radius 2 is 1.96 bits per heavy atom. The molecule has 130 valence electrons. The third-order valence-electron chi connectivity index (χ3n) is 4.75. The van der Waals surface area contributed by atoms with Gasteiger partial charge < -0.3 is 15.1 Å². The number of aromatic nitrogens is 2. The van der Waals surface area contributed by atoms with Crippen LogP contribution in [0.3, 0.4) is 0 Å². The minimum Gasteiger partial charge on any atom is -0.361 e. The number of likely N-dealkylation sites (tertiary alicyclic amines) is 2. The lowest BCUT2D eigenvalue weighted by atomic mass is 9.99. The fourth-order valence-corrected chi connectivity index (χ4v) is 3.35. The van der Waals surface area contributed by atoms with Gasteiger partial charge in [-0.05, 0) is 32.6 Å². The summed E-state index contributed by atoms with van der Waals surface area (Å²) in [5.74, 6) is 1.48. The van der Waals surface area contributed by atoms with Gasteiger partial charge in [0.2, 0.25) is 11.8 Å². The first-order valence-corrected chi connectivity index (χ1v) is 8.69. The van der Waals surface area contributed by atoms with Crippen LogP contribution in [0, 0.1) is 6.92 Å². The number of nitrogens with zero attached hydrogens (tertiary/aromatic N) is 4. The maximum atomic E-state index is 12.3. The Bertz CT molecular complexity index is 627. The summed E-state index contributed by atoms with van der Waals surface area (Å²) in [5.41, 5.74) is 0.844. The molecular weight excluding hydrogens is 306 g/mol. The molecule has 3 heterocycles. The summed E-state index contributed by atoms with van der Waals surface area (Å²) >= 11 is 0. The summed E-state index contributed by atoms with van der Waals surface area (Å²) in [5, 5.41) is 3.12. The molecule has 0 saturated carbocycles. The SMILES string of the molecule is CC(=O)N1CCC1c1cc(NCC(=O)N2CCCCC2)nc(C)n1. The standard InChI is InChI=1S/C17H25N5O2/c1-12-19-14(15-6-9-22(15)13(2)23)10-16(20-12)18-11-17(24)21-7-4-3-5-8-21/h10,15H,3-9,11H2,1-2H3,(H,18,19,20). The van der Waals surface area contributed by atoms with Gasteiger partial charge >= 0.3 is 0 Å². The van der Waals surface area contributed by atoms with Gasteiger partial charge in [-0.15, -0.1) is 0 Å². The number of hydrogen-bond donors (Lipinski definition) is 1. The number of rotatable bonds is 4. The molecule has 1 atom stereocenters. The molecule has 7 nitrogen and oxygen atoms in total. The normalized spacial score (nSPS) is 20.5. The topological polar surface area (TPSA) is 78.4 Å². The Morgan fingerprint density at radius 1 is 1.21 bits per heavy atom. The Hall–Kier alpha value is -2.18. The minimum atomic E-state index is 0.0301. The molecule has 1 N–H and O–H groups in total. The van der Waals surface area contributed by atoms with Crippen LogP contribution in [0.2, 0.25) is 0 Å². The second kappa shape index (κ2) is 7.15. The highest BCUT2D eigenvalue weighted by atomic mass is 16.2. The predicted octanol–water partition coefficient (Wildman–Crippen LogP) is 1.50. The molecule has 2 saturated heterocycles. The quantitative estimate of drug-likeness (QED) is 0.904. The van der Waals surface area contributed by atoms with Gasteiger partial charge in [-0.3, -0.25) is 9.59 Å². The number of aryl methyl sites for hydroxylation is 1. The fourth-order valence-electron chi connectivity index (χ4n) is 3.35. The van der Waals surface area contributed by atoms with E-state index in [9.17, 15) is 9.59 Å². The van der Waals surface area contributed by atoms with Crippen LogP contribution >= 0.6 is 0 Å². The van der Waals surface area contributed by atoms with Crippen molar-refractivity contribution in [2.45, 2.75) is 45.6 Å². The van der Waals surface area contributed by atoms with Gasteiger partial charge in [-0.2, -0.15) is 0 Å². The van der Waals surface area contributed by atoms with E-state index in [1.165, 1.54) is 6.42 Å². The lowest BCUT2D eigenvalue weighted by Gasteiger charge is -2.40. The molecule has 2 aliphatic rings. The second-order valence-corrected chi connectivity index (χ2v) is 6.54. The van der Waals surface area contributed by atoms with Gasteiger partial charge in [-0.1, -0.05) is 0 Å². The monoisotopic (exact) mass is 331 g/mol. The molecule has 0 radical (unpaired) electrons. The van der Waals surface area contributed by atoms with Crippen molar-refractivity contribution >= 4 is 17.6 Å². The summed E-state index contributed by atoms with van der Waals surface area (Å²) in [7, 11) is 0. The smallest absolute Gasteiger partial charge is 0.241 e. The molecule has 1 aromatic rings. The van der Waals surface area contributed by atoms with Crippen LogP contribution in [0.5, 0.6) is 0 Å². The number of carbonyl (C=O) groups excluding carboxylic acids is 2. The van der Waals surface area contributed by atoms with Crippen LogP contribution in [0.15, 0.2) is 6.07 Å². The maximum Gasteiger partial charge on any atom is 0.241 e. The highest BCUT2D eigenvalue weighted by molar-refractivity contribution is 5.80. The van der Waals surface area contributed by atoms with Crippen molar-refractivity contribution in [3.8, 4) is 0 Å². The highest BCUT2D eigenvalue weighted by Crippen LogP contribution is 2.32. The molecule has 24 heavy (non-hydrogen) atoms. The van der Waals surface area contributed by atoms with E-state index < -0.39 is 0 Å². The summed E-state index contributed by atoms with van der Waals surface area (Å²) in [6.45, 7) is 6.14. The number of hydrogen-bond acceptors (Lipinski definition) is 5. The van der Waals surface area contributed by atoms with E-state index >= 15 is 0 Å². The van der Waals surface area contributed by atoms with E-state index in [0.717, 1.165) is 44.6 Å². The number of carbonyl (C=O) groups is 2. The van der Waals surface area contributed by atoms with Crippen molar-refractivity contribution < 1.29 is 9.59 Å². The molecule has 2 amide bonds. The summed E-state index contributed by atoms with van der Waals surface area (Å²) in [4.78, 5) is 36.4. The molecule has 0 aliphatic carbocycles. The third-order valence-corrected chi connectivity index (χ3v) is 4.75. The zero-order valence-corrected chi connectivity index (χ0v) is 14.4. The van der Waals surface area contributed by atoms with Crippen molar-refractivity contribution in [2.24, 2.45) is 0 Å². The van der Waals surface area contributed by atoms with Crippen LogP contribution < -0.4 is 5.32 Å².